The molecule has 0 aliphatic heterocycles. The molecule has 0 spiro atoms. The quantitative estimate of drug-likeness (QED) is 0.809. The fourth-order valence-electron chi connectivity index (χ4n) is 1.67. The van der Waals surface area contributed by atoms with Crippen LogP contribution in [0.5, 0.6) is 0 Å². The number of carbonyl (C=O) groups excluding carboxylic acids is 1. The van der Waals surface area contributed by atoms with Gasteiger partial charge in [0.25, 0.3) is 0 Å². The Morgan fingerprint density at radius 3 is 2.89 bits per heavy atom. The third kappa shape index (κ3) is 2.24. The lowest BCUT2D eigenvalue weighted by Gasteiger charge is -2.05. The molecule has 0 aromatic carbocycles. The van der Waals surface area contributed by atoms with Crippen molar-refractivity contribution < 1.29 is 4.79 Å². The van der Waals surface area contributed by atoms with Crippen molar-refractivity contribution in [3.05, 3.63) is 26.9 Å². The molecule has 96 valence electrons. The Balaban J connectivity index is 2.48. The van der Waals surface area contributed by atoms with Gasteiger partial charge in [-0.2, -0.15) is 5.10 Å². The van der Waals surface area contributed by atoms with E-state index in [1.165, 1.54) is 0 Å². The molecule has 0 radical (unpaired) electrons. The van der Waals surface area contributed by atoms with Gasteiger partial charge in [0, 0.05) is 6.54 Å². The standard InChI is InChI=1S/C11H13BrN4OS/c1-4-16-9(7(12)5-13-16)10(17)11-8(6(2)3)14-15-18-11/h5-6H,4H2,1-3H3. The van der Waals surface area contributed by atoms with E-state index < -0.39 is 0 Å². The molecule has 2 aromatic rings. The van der Waals surface area contributed by atoms with Crippen LogP contribution in [0.4, 0.5) is 0 Å². The summed E-state index contributed by atoms with van der Waals surface area (Å²) in [5, 5.41) is 8.19. The molecular weight excluding hydrogens is 316 g/mol. The first-order chi connectivity index (χ1) is 8.56. The summed E-state index contributed by atoms with van der Waals surface area (Å²) in [6.45, 7) is 6.60. The Morgan fingerprint density at radius 1 is 1.56 bits per heavy atom. The van der Waals surface area contributed by atoms with Crippen LogP contribution in [-0.4, -0.2) is 25.2 Å². The number of rotatable bonds is 4. The molecule has 5 nitrogen and oxygen atoms in total. The van der Waals surface area contributed by atoms with Crippen molar-refractivity contribution in [3.8, 4) is 0 Å². The number of nitrogens with zero attached hydrogens (tertiary/aromatic N) is 4. The monoisotopic (exact) mass is 328 g/mol. The van der Waals surface area contributed by atoms with Gasteiger partial charge in [0.05, 0.1) is 16.4 Å². The molecule has 0 atom stereocenters. The second-order valence-electron chi connectivity index (χ2n) is 4.13. The van der Waals surface area contributed by atoms with Gasteiger partial charge in [-0.1, -0.05) is 18.3 Å². The normalized spacial score (nSPS) is 11.2. The van der Waals surface area contributed by atoms with Crippen molar-refractivity contribution in [1.82, 2.24) is 19.4 Å². The maximum Gasteiger partial charge on any atom is 0.225 e. The Hall–Kier alpha value is -1.08. The molecule has 0 bridgehead atoms. The number of ketones is 1. The molecular formula is C11H13BrN4OS. The average molecular weight is 329 g/mol. The highest BCUT2D eigenvalue weighted by Crippen LogP contribution is 2.26. The predicted molar refractivity (Wildman–Crippen MR) is 73.0 cm³/mol. The Bertz CT molecular complexity index is 575. The second-order valence-corrected chi connectivity index (χ2v) is 5.74. The molecule has 0 unspecified atom stereocenters. The van der Waals surface area contributed by atoms with Gasteiger partial charge in [-0.15, -0.1) is 5.10 Å². The predicted octanol–water partition coefficient (Wildman–Crippen LogP) is 2.87. The molecule has 0 saturated carbocycles. The number of aryl methyl sites for hydroxylation is 1. The molecule has 2 aromatic heterocycles. The van der Waals surface area contributed by atoms with Gasteiger partial charge >= 0.3 is 0 Å². The fraction of sp³-hybridized carbons (Fsp3) is 0.455. The van der Waals surface area contributed by atoms with Gasteiger partial charge in [-0.3, -0.25) is 9.48 Å². The molecule has 2 rings (SSSR count). The zero-order chi connectivity index (χ0) is 13.3. The van der Waals surface area contributed by atoms with Crippen molar-refractivity contribution in [3.63, 3.8) is 0 Å². The van der Waals surface area contributed by atoms with E-state index >= 15 is 0 Å². The SMILES string of the molecule is CCn1ncc(Br)c1C(=O)c1snnc1C(C)C. The summed E-state index contributed by atoms with van der Waals surface area (Å²) in [5.74, 6) is 0.111. The fourth-order valence-corrected chi connectivity index (χ4v) is 2.90. The molecule has 0 N–H and O–H groups in total. The van der Waals surface area contributed by atoms with Gasteiger partial charge < -0.3 is 0 Å². The first-order valence-corrected chi connectivity index (χ1v) is 7.21. The molecule has 0 aliphatic carbocycles. The van der Waals surface area contributed by atoms with Crippen LogP contribution in [0, 0.1) is 0 Å². The zero-order valence-electron chi connectivity index (χ0n) is 10.3. The Kier molecular flexibility index (Phi) is 3.91. The van der Waals surface area contributed by atoms with Gasteiger partial charge in [0.2, 0.25) is 5.78 Å². The topological polar surface area (TPSA) is 60.7 Å². The second kappa shape index (κ2) is 5.27. The van der Waals surface area contributed by atoms with E-state index in [1.807, 2.05) is 20.8 Å². The minimum atomic E-state index is -0.0695. The Morgan fingerprint density at radius 2 is 2.28 bits per heavy atom. The van der Waals surface area contributed by atoms with Crippen molar-refractivity contribution in [2.24, 2.45) is 0 Å². The summed E-state index contributed by atoms with van der Waals surface area (Å²) < 4.78 is 6.27. The molecule has 18 heavy (non-hydrogen) atoms. The molecule has 0 aliphatic rings. The molecule has 0 amide bonds. The van der Waals surface area contributed by atoms with Crippen LogP contribution in [0.3, 0.4) is 0 Å². The molecule has 0 saturated heterocycles. The summed E-state index contributed by atoms with van der Waals surface area (Å²) in [6, 6.07) is 0. The maximum absolute atomic E-state index is 12.5. The van der Waals surface area contributed by atoms with Gasteiger partial charge in [0.15, 0.2) is 0 Å². The van der Waals surface area contributed by atoms with Crippen LogP contribution in [0.25, 0.3) is 0 Å². The van der Waals surface area contributed by atoms with Crippen molar-refractivity contribution in [1.29, 1.82) is 0 Å². The van der Waals surface area contributed by atoms with Crippen LogP contribution < -0.4 is 0 Å². The van der Waals surface area contributed by atoms with E-state index in [1.54, 1.807) is 10.9 Å². The van der Waals surface area contributed by atoms with Gasteiger partial charge in [0.1, 0.15) is 10.6 Å². The van der Waals surface area contributed by atoms with Crippen LogP contribution >= 0.6 is 27.5 Å². The van der Waals surface area contributed by atoms with Crippen LogP contribution in [0.2, 0.25) is 0 Å². The summed E-state index contributed by atoms with van der Waals surface area (Å²) in [4.78, 5) is 13.1. The highest BCUT2D eigenvalue weighted by atomic mass is 79.9. The van der Waals surface area contributed by atoms with Crippen LogP contribution in [0.15, 0.2) is 10.7 Å². The van der Waals surface area contributed by atoms with E-state index in [0.29, 0.717) is 21.6 Å². The Labute approximate surface area is 118 Å². The van der Waals surface area contributed by atoms with E-state index in [4.69, 9.17) is 0 Å². The van der Waals surface area contributed by atoms with Gasteiger partial charge in [-0.25, -0.2) is 0 Å². The maximum atomic E-state index is 12.5. The summed E-state index contributed by atoms with van der Waals surface area (Å²) in [6.07, 6.45) is 1.64. The van der Waals surface area contributed by atoms with Crippen molar-refractivity contribution >= 4 is 33.2 Å². The number of halogens is 1. The van der Waals surface area contributed by atoms with Crippen LogP contribution in [0.1, 0.15) is 47.7 Å². The number of aromatic nitrogens is 4. The first-order valence-electron chi connectivity index (χ1n) is 5.64. The smallest absolute Gasteiger partial charge is 0.225 e. The summed E-state index contributed by atoms with van der Waals surface area (Å²) in [5.41, 5.74) is 1.31. The van der Waals surface area contributed by atoms with E-state index in [2.05, 4.69) is 30.6 Å². The third-order valence-corrected chi connectivity index (χ3v) is 3.90. The number of carbonyl (C=O) groups is 1. The lowest BCUT2D eigenvalue weighted by molar-refractivity contribution is 0.103. The van der Waals surface area contributed by atoms with Gasteiger partial charge in [-0.05, 0) is 40.3 Å². The third-order valence-electron chi connectivity index (χ3n) is 2.58. The molecule has 2 heterocycles. The highest BCUT2D eigenvalue weighted by molar-refractivity contribution is 9.10. The number of hydrogen-bond acceptors (Lipinski definition) is 5. The largest absolute Gasteiger partial charge is 0.286 e. The summed E-state index contributed by atoms with van der Waals surface area (Å²) in [7, 11) is 0. The summed E-state index contributed by atoms with van der Waals surface area (Å²) >= 11 is 4.50. The number of hydrogen-bond donors (Lipinski definition) is 0. The minimum absolute atomic E-state index is 0.0695. The highest BCUT2D eigenvalue weighted by Gasteiger charge is 2.24. The zero-order valence-corrected chi connectivity index (χ0v) is 12.7. The van der Waals surface area contributed by atoms with Crippen molar-refractivity contribution in [2.45, 2.75) is 33.2 Å². The van der Waals surface area contributed by atoms with E-state index in [0.717, 1.165) is 17.2 Å². The van der Waals surface area contributed by atoms with E-state index in [-0.39, 0.29) is 11.7 Å². The van der Waals surface area contributed by atoms with Crippen molar-refractivity contribution in [2.75, 3.05) is 0 Å². The minimum Gasteiger partial charge on any atom is -0.286 e. The average Bonchev–Trinajstić information content (AvgIpc) is 2.94. The van der Waals surface area contributed by atoms with E-state index in [9.17, 15) is 4.79 Å². The lowest BCUT2D eigenvalue weighted by atomic mass is 10.1. The van der Waals surface area contributed by atoms with Crippen LogP contribution in [-0.2, 0) is 6.54 Å². The first kappa shape index (κ1) is 13.4. The molecule has 0 fully saturated rings. The lowest BCUT2D eigenvalue weighted by Crippen LogP contribution is -2.12. The molecule has 7 heteroatoms.